The minimum atomic E-state index is -3.18. The standard InChI is InChI=1S/C29H36N6O5S/c1-18-24(16-30-26-25(18)35(13-14-39-26)28(36)40-29(3,4)5)34-12-11-21-15-31-27(33-23(21)17-34)32-22-9-7-20(8-10-22)19(2)41(6,37)38/h7-10,15-16,19H,11-14,17H2,1-6H3,(H,31,32,33). The Morgan fingerprint density at radius 1 is 1.12 bits per heavy atom. The van der Waals surface area contributed by atoms with E-state index >= 15 is 0 Å². The second kappa shape index (κ2) is 10.8. The second-order valence-electron chi connectivity index (χ2n) is 11.5. The third-order valence-corrected chi connectivity index (χ3v) is 8.81. The van der Waals surface area contributed by atoms with Gasteiger partial charge in [-0.05, 0) is 64.3 Å². The molecule has 1 atom stereocenters. The number of hydrogen-bond donors (Lipinski definition) is 1. The number of nitrogens with one attached hydrogen (secondary N) is 1. The van der Waals surface area contributed by atoms with Crippen molar-refractivity contribution in [3.63, 3.8) is 0 Å². The van der Waals surface area contributed by atoms with E-state index in [-0.39, 0.29) is 0 Å². The average Bonchev–Trinajstić information content (AvgIpc) is 2.91. The van der Waals surface area contributed by atoms with Gasteiger partial charge in [0.2, 0.25) is 11.8 Å². The minimum absolute atomic E-state index is 0.348. The molecule has 1 unspecified atom stereocenters. The molecule has 2 aliphatic rings. The number of benzene rings is 1. The van der Waals surface area contributed by atoms with Gasteiger partial charge in [-0.3, -0.25) is 4.90 Å². The molecular weight excluding hydrogens is 544 g/mol. The SMILES string of the molecule is Cc1c(N2CCc3cnc(Nc4ccc(C(C)S(C)(=O)=O)cc4)nc3C2)cnc2c1N(C(=O)OC(C)(C)C)CCO2. The normalized spacial score (nSPS) is 15.9. The molecule has 0 saturated heterocycles. The molecule has 0 spiro atoms. The van der Waals surface area contributed by atoms with Crippen molar-refractivity contribution >= 4 is 38.9 Å². The number of ether oxygens (including phenoxy) is 2. The van der Waals surface area contributed by atoms with Crippen molar-refractivity contribution in [3.05, 3.63) is 59.0 Å². The highest BCUT2D eigenvalue weighted by Gasteiger charge is 2.32. The molecule has 1 amide bonds. The number of anilines is 4. The van der Waals surface area contributed by atoms with Gasteiger partial charge < -0.3 is 19.7 Å². The first-order chi connectivity index (χ1) is 19.3. The first-order valence-electron chi connectivity index (χ1n) is 13.6. The number of fused-ring (bicyclic) bond motifs is 2. The smallest absolute Gasteiger partial charge is 0.415 e. The number of aromatic nitrogens is 3. The molecule has 0 aliphatic carbocycles. The van der Waals surface area contributed by atoms with E-state index in [1.165, 1.54) is 6.26 Å². The quantitative estimate of drug-likeness (QED) is 0.453. The number of amides is 1. The molecule has 0 fully saturated rings. The van der Waals surface area contributed by atoms with Crippen LogP contribution in [-0.4, -0.2) is 61.0 Å². The molecule has 11 nitrogen and oxygen atoms in total. The lowest BCUT2D eigenvalue weighted by Crippen LogP contribution is -2.42. The van der Waals surface area contributed by atoms with Crippen molar-refractivity contribution in [2.75, 3.05) is 41.1 Å². The summed E-state index contributed by atoms with van der Waals surface area (Å²) < 4.78 is 35.2. The van der Waals surface area contributed by atoms with Gasteiger partial charge in [0.15, 0.2) is 9.84 Å². The maximum absolute atomic E-state index is 13.0. The third-order valence-electron chi connectivity index (χ3n) is 7.25. The fourth-order valence-corrected chi connectivity index (χ4v) is 5.58. The van der Waals surface area contributed by atoms with Crippen LogP contribution in [0.5, 0.6) is 5.88 Å². The summed E-state index contributed by atoms with van der Waals surface area (Å²) in [6.45, 7) is 11.2. The second-order valence-corrected chi connectivity index (χ2v) is 13.8. The van der Waals surface area contributed by atoms with Crippen LogP contribution in [0.4, 0.5) is 27.8 Å². The van der Waals surface area contributed by atoms with Gasteiger partial charge in [-0.25, -0.2) is 28.2 Å². The van der Waals surface area contributed by atoms with E-state index < -0.39 is 26.8 Å². The van der Waals surface area contributed by atoms with Gasteiger partial charge >= 0.3 is 6.09 Å². The highest BCUT2D eigenvalue weighted by molar-refractivity contribution is 7.90. The number of hydrogen-bond acceptors (Lipinski definition) is 10. The van der Waals surface area contributed by atoms with Crippen LogP contribution in [0.2, 0.25) is 0 Å². The minimum Gasteiger partial charge on any atom is -0.474 e. The summed E-state index contributed by atoms with van der Waals surface area (Å²) in [5.41, 5.74) is 5.26. The maximum atomic E-state index is 13.0. The molecule has 2 aromatic heterocycles. The van der Waals surface area contributed by atoms with E-state index in [0.717, 1.165) is 46.7 Å². The van der Waals surface area contributed by atoms with Gasteiger partial charge in [0.1, 0.15) is 17.9 Å². The first-order valence-corrected chi connectivity index (χ1v) is 15.5. The molecule has 2 aliphatic heterocycles. The maximum Gasteiger partial charge on any atom is 0.415 e. The summed E-state index contributed by atoms with van der Waals surface area (Å²) in [7, 11) is -3.18. The van der Waals surface area contributed by atoms with E-state index in [9.17, 15) is 13.2 Å². The fraction of sp³-hybridized carbons (Fsp3) is 0.448. The van der Waals surface area contributed by atoms with Gasteiger partial charge in [-0.1, -0.05) is 12.1 Å². The average molecular weight is 581 g/mol. The summed E-state index contributed by atoms with van der Waals surface area (Å²) in [6, 6.07) is 7.24. The van der Waals surface area contributed by atoms with Crippen molar-refractivity contribution in [3.8, 4) is 5.88 Å². The Morgan fingerprint density at radius 3 is 2.54 bits per heavy atom. The largest absolute Gasteiger partial charge is 0.474 e. The number of carbonyl (C=O) groups excluding carboxylic acids is 1. The predicted octanol–water partition coefficient (Wildman–Crippen LogP) is 4.73. The molecule has 0 radical (unpaired) electrons. The first kappa shape index (κ1) is 28.6. The van der Waals surface area contributed by atoms with Crippen LogP contribution in [0, 0.1) is 6.92 Å². The molecule has 3 aromatic rings. The summed E-state index contributed by atoms with van der Waals surface area (Å²) in [4.78, 5) is 30.7. The van der Waals surface area contributed by atoms with Gasteiger partial charge in [0.25, 0.3) is 0 Å². The van der Waals surface area contributed by atoms with Crippen molar-refractivity contribution < 1.29 is 22.7 Å². The van der Waals surface area contributed by atoms with E-state index in [4.69, 9.17) is 14.5 Å². The lowest BCUT2D eigenvalue weighted by molar-refractivity contribution is 0.0566. The molecular formula is C29H36N6O5S. The topological polar surface area (TPSA) is 127 Å². The number of sulfone groups is 1. The number of rotatable bonds is 5. The Kier molecular flexibility index (Phi) is 7.54. The van der Waals surface area contributed by atoms with Crippen LogP contribution >= 0.6 is 0 Å². The molecule has 1 aromatic carbocycles. The molecule has 4 heterocycles. The monoisotopic (exact) mass is 580 g/mol. The lowest BCUT2D eigenvalue weighted by atomic mass is 10.0. The summed E-state index contributed by atoms with van der Waals surface area (Å²) in [5, 5.41) is 2.65. The van der Waals surface area contributed by atoms with Gasteiger partial charge in [0, 0.05) is 30.2 Å². The number of nitrogens with zero attached hydrogens (tertiary/aromatic N) is 5. The Labute approximate surface area is 240 Å². The molecule has 0 bridgehead atoms. The van der Waals surface area contributed by atoms with Gasteiger partial charge in [-0.15, -0.1) is 0 Å². The molecule has 12 heteroatoms. The van der Waals surface area contributed by atoms with Crippen molar-refractivity contribution in [1.29, 1.82) is 0 Å². The molecule has 1 N–H and O–H groups in total. The van der Waals surface area contributed by atoms with Crippen molar-refractivity contribution in [2.45, 2.75) is 58.4 Å². The Balaban J connectivity index is 1.36. The zero-order valence-corrected chi connectivity index (χ0v) is 25.1. The molecule has 218 valence electrons. The summed E-state index contributed by atoms with van der Waals surface area (Å²) in [5.74, 6) is 0.880. The number of carbonyl (C=O) groups is 1. The predicted molar refractivity (Wildman–Crippen MR) is 158 cm³/mol. The Morgan fingerprint density at radius 2 is 1.85 bits per heavy atom. The van der Waals surface area contributed by atoms with Crippen LogP contribution in [0.1, 0.15) is 55.3 Å². The molecule has 5 rings (SSSR count). The van der Waals surface area contributed by atoms with E-state index in [2.05, 4.69) is 20.2 Å². The highest BCUT2D eigenvalue weighted by Crippen LogP contribution is 2.39. The Bertz CT molecular complexity index is 1570. The lowest BCUT2D eigenvalue weighted by Gasteiger charge is -2.35. The van der Waals surface area contributed by atoms with E-state index in [1.54, 1.807) is 30.2 Å². The van der Waals surface area contributed by atoms with Crippen LogP contribution in [0.3, 0.4) is 0 Å². The van der Waals surface area contributed by atoms with Crippen LogP contribution in [0.25, 0.3) is 0 Å². The van der Waals surface area contributed by atoms with E-state index in [0.29, 0.717) is 37.2 Å². The van der Waals surface area contributed by atoms with Gasteiger partial charge in [-0.2, -0.15) is 0 Å². The summed E-state index contributed by atoms with van der Waals surface area (Å²) in [6.07, 6.45) is 5.21. The van der Waals surface area contributed by atoms with Crippen molar-refractivity contribution in [1.82, 2.24) is 15.0 Å². The van der Waals surface area contributed by atoms with Gasteiger partial charge in [0.05, 0.1) is 35.9 Å². The van der Waals surface area contributed by atoms with E-state index in [1.807, 2.05) is 46.0 Å². The van der Waals surface area contributed by atoms with Crippen LogP contribution in [-0.2, 0) is 27.5 Å². The zero-order valence-electron chi connectivity index (χ0n) is 24.3. The number of pyridine rings is 1. The summed E-state index contributed by atoms with van der Waals surface area (Å²) >= 11 is 0. The Hall–Kier alpha value is -3.93. The van der Waals surface area contributed by atoms with Crippen molar-refractivity contribution in [2.24, 2.45) is 0 Å². The zero-order chi connectivity index (χ0) is 29.5. The molecule has 41 heavy (non-hydrogen) atoms. The highest BCUT2D eigenvalue weighted by atomic mass is 32.2. The third kappa shape index (κ3) is 6.22. The molecule has 0 saturated carbocycles. The fourth-order valence-electron chi connectivity index (χ4n) is 4.93. The van der Waals surface area contributed by atoms with Crippen LogP contribution in [0.15, 0.2) is 36.7 Å². The van der Waals surface area contributed by atoms with Crippen LogP contribution < -0.4 is 19.9 Å².